The van der Waals surface area contributed by atoms with Crippen LogP contribution in [-0.4, -0.2) is 0 Å². The van der Waals surface area contributed by atoms with Gasteiger partial charge in [0.05, 0.1) is 0 Å². The van der Waals surface area contributed by atoms with Crippen LogP contribution in [0.4, 0.5) is 0 Å². The second-order valence-corrected chi connectivity index (χ2v) is 9.96. The van der Waals surface area contributed by atoms with Crippen LogP contribution in [-0.2, 0) is 32.5 Å². The zero-order chi connectivity index (χ0) is 22.2. The van der Waals surface area contributed by atoms with Crippen molar-refractivity contribution in [3.8, 4) is 0 Å². The van der Waals surface area contributed by atoms with Gasteiger partial charge >= 0.3 is 21.7 Å². The Balaban J connectivity index is 0.00000289. The molecule has 0 saturated carbocycles. The summed E-state index contributed by atoms with van der Waals surface area (Å²) < 4.78 is 0. The predicted molar refractivity (Wildman–Crippen MR) is 133 cm³/mol. The first kappa shape index (κ1) is 33.6. The van der Waals surface area contributed by atoms with E-state index >= 15 is 0 Å². The number of hydrogen-bond acceptors (Lipinski definition) is 0. The average Bonchev–Trinajstić information content (AvgIpc) is 3.20. The van der Waals surface area contributed by atoms with E-state index in [4.69, 9.17) is 0 Å². The van der Waals surface area contributed by atoms with Crippen LogP contribution >= 0.6 is 0 Å². The maximum absolute atomic E-state index is 2.37. The molecule has 35 heavy (non-hydrogen) atoms. The molecule has 0 fully saturated rings. The molecule has 0 N–H and O–H groups in total. The average molecular weight is 560 g/mol. The fourth-order valence-corrected chi connectivity index (χ4v) is 5.00. The summed E-state index contributed by atoms with van der Waals surface area (Å²) >= 11 is 0. The summed E-state index contributed by atoms with van der Waals surface area (Å²) in [5.74, 6) is 0. The maximum Gasteiger partial charge on any atom is 4.00 e. The fourth-order valence-electron chi connectivity index (χ4n) is 5.00. The van der Waals surface area contributed by atoms with Crippen LogP contribution in [0, 0.1) is 20.8 Å². The Labute approximate surface area is 245 Å². The Morgan fingerprint density at radius 2 is 0.914 bits per heavy atom. The first-order valence-electron chi connectivity index (χ1n) is 11.2. The molecule has 4 heteroatoms. The number of halogens is 3. The van der Waals surface area contributed by atoms with Gasteiger partial charge in [0.1, 0.15) is 0 Å². The summed E-state index contributed by atoms with van der Waals surface area (Å²) in [6.45, 7) is 13.5. The van der Waals surface area contributed by atoms with Gasteiger partial charge in [-0.2, -0.15) is 11.6 Å². The number of aryl methyl sites for hydroxylation is 3. The van der Waals surface area contributed by atoms with Crippen LogP contribution in [0.25, 0.3) is 0 Å². The normalized spacial score (nSPS) is 10.8. The molecular formula is C31H33Cl3Ti. The molecule has 0 saturated heterocycles. The van der Waals surface area contributed by atoms with Crippen molar-refractivity contribution < 1.29 is 58.9 Å². The van der Waals surface area contributed by atoms with E-state index in [2.05, 4.69) is 133 Å². The Kier molecular flexibility index (Phi) is 12.7. The molecule has 0 bridgehead atoms. The van der Waals surface area contributed by atoms with Crippen LogP contribution in [0.1, 0.15) is 65.3 Å². The number of rotatable bonds is 4. The molecule has 0 heterocycles. The molecule has 0 spiro atoms. The van der Waals surface area contributed by atoms with Gasteiger partial charge in [-0.3, -0.25) is 0 Å². The maximum atomic E-state index is 2.37. The smallest absolute Gasteiger partial charge is 1.00 e. The van der Waals surface area contributed by atoms with Crippen molar-refractivity contribution in [1.82, 2.24) is 0 Å². The Hall–Kier alpha value is -1.41. The molecule has 0 radical (unpaired) electrons. The van der Waals surface area contributed by atoms with Gasteiger partial charge in [-0.25, -0.2) is 12.1 Å². The summed E-state index contributed by atoms with van der Waals surface area (Å²) in [4.78, 5) is 0. The molecule has 0 nitrogen and oxygen atoms in total. The molecule has 0 atom stereocenters. The van der Waals surface area contributed by atoms with Gasteiger partial charge in [0.2, 0.25) is 0 Å². The van der Waals surface area contributed by atoms with Gasteiger partial charge in [-0.15, -0.1) is 5.56 Å². The zero-order valence-corrected chi connectivity index (χ0v) is 25.1. The largest absolute Gasteiger partial charge is 4.00 e. The quantitative estimate of drug-likeness (QED) is 0.171. The second kappa shape index (κ2) is 13.2. The minimum absolute atomic E-state index is 0. The van der Waals surface area contributed by atoms with Crippen LogP contribution < -0.4 is 37.2 Å². The van der Waals surface area contributed by atoms with E-state index in [1.54, 1.807) is 0 Å². The van der Waals surface area contributed by atoms with E-state index in [1.165, 1.54) is 44.5 Å². The third kappa shape index (κ3) is 6.48. The summed E-state index contributed by atoms with van der Waals surface area (Å²) in [6.07, 6.45) is 0. The van der Waals surface area contributed by atoms with Crippen molar-refractivity contribution in [2.45, 2.75) is 52.4 Å². The molecule has 0 unspecified atom stereocenters. The molecule has 182 valence electrons. The van der Waals surface area contributed by atoms with Crippen molar-refractivity contribution in [2.24, 2.45) is 0 Å². The predicted octanol–water partition coefficient (Wildman–Crippen LogP) is -0.980. The van der Waals surface area contributed by atoms with E-state index in [9.17, 15) is 0 Å². The molecule has 0 aliphatic heterocycles. The molecule has 0 aliphatic carbocycles. The first-order chi connectivity index (χ1) is 14.7. The van der Waals surface area contributed by atoms with Crippen molar-refractivity contribution >= 4 is 0 Å². The van der Waals surface area contributed by atoms with Crippen LogP contribution in [0.3, 0.4) is 0 Å². The van der Waals surface area contributed by atoms with Crippen molar-refractivity contribution in [2.75, 3.05) is 0 Å². The topological polar surface area (TPSA) is 0 Å². The molecule has 0 amide bonds. The van der Waals surface area contributed by atoms with Gasteiger partial charge < -0.3 is 37.2 Å². The Bertz CT molecular complexity index is 1110. The van der Waals surface area contributed by atoms with Crippen LogP contribution in [0.15, 0.2) is 91.0 Å². The summed E-state index contributed by atoms with van der Waals surface area (Å²) in [6, 6.07) is 34.1. The standard InChI is InChI=1S/C31H33.3ClH.Ti/c1-22-11-7-14-25(19-22)31(26-15-8-12-23(2)20-26,27-16-9-13-24(3)21-27)29-18-10-17-28(29)30(4,5)6;;;;/h7-21H,1-6H3;3*1H;/q-1;;;;+4/p-3. The van der Waals surface area contributed by atoms with E-state index in [0.29, 0.717) is 0 Å². The van der Waals surface area contributed by atoms with E-state index in [0.717, 1.165) is 0 Å². The molecule has 0 aromatic heterocycles. The van der Waals surface area contributed by atoms with Gasteiger partial charge in [0.25, 0.3) is 0 Å². The number of benzene rings is 3. The van der Waals surface area contributed by atoms with E-state index in [-0.39, 0.29) is 69.8 Å². The van der Waals surface area contributed by atoms with Crippen LogP contribution in [0.2, 0.25) is 0 Å². The van der Waals surface area contributed by atoms with Crippen LogP contribution in [0.5, 0.6) is 0 Å². The first-order valence-corrected chi connectivity index (χ1v) is 11.2. The molecule has 4 rings (SSSR count). The minimum Gasteiger partial charge on any atom is -1.00 e. The van der Waals surface area contributed by atoms with Gasteiger partial charge in [0, 0.05) is 5.41 Å². The fraction of sp³-hybridized carbons (Fsp3) is 0.258. The zero-order valence-electron chi connectivity index (χ0n) is 21.3. The minimum atomic E-state index is -0.379. The molecular weight excluding hydrogens is 527 g/mol. The molecule has 4 aromatic carbocycles. The van der Waals surface area contributed by atoms with E-state index < -0.39 is 0 Å². The Morgan fingerprint density at radius 3 is 1.23 bits per heavy atom. The van der Waals surface area contributed by atoms with Gasteiger partial charge in [-0.1, -0.05) is 110 Å². The Morgan fingerprint density at radius 1 is 0.543 bits per heavy atom. The van der Waals surface area contributed by atoms with Crippen molar-refractivity contribution in [3.05, 3.63) is 136 Å². The third-order valence-electron chi connectivity index (χ3n) is 6.38. The molecule has 0 aliphatic rings. The number of hydrogen-bond donors (Lipinski definition) is 0. The summed E-state index contributed by atoms with van der Waals surface area (Å²) in [5.41, 5.74) is 10.3. The SMILES string of the molecule is Cc1cccc(C(c2cccc(C)c2)(c2cccc(C)c2)[c-]2cccc2C(C)(C)C)c1.[Cl-].[Cl-].[Cl-].[Ti+4]. The van der Waals surface area contributed by atoms with E-state index in [1.807, 2.05) is 0 Å². The third-order valence-corrected chi connectivity index (χ3v) is 6.38. The molecule has 4 aromatic rings. The van der Waals surface area contributed by atoms with Gasteiger partial charge in [0.15, 0.2) is 0 Å². The summed E-state index contributed by atoms with van der Waals surface area (Å²) in [7, 11) is 0. The summed E-state index contributed by atoms with van der Waals surface area (Å²) in [5, 5.41) is 0. The van der Waals surface area contributed by atoms with Crippen molar-refractivity contribution in [3.63, 3.8) is 0 Å². The second-order valence-electron chi connectivity index (χ2n) is 9.96. The van der Waals surface area contributed by atoms with Gasteiger partial charge in [-0.05, 0) is 42.9 Å². The van der Waals surface area contributed by atoms with Crippen molar-refractivity contribution in [1.29, 1.82) is 0 Å². The monoisotopic (exact) mass is 558 g/mol.